The van der Waals surface area contributed by atoms with Gasteiger partial charge in [0.15, 0.2) is 0 Å². The number of carbonyl (C=O) groups excluding carboxylic acids is 1. The molecule has 3 aromatic heterocycles. The molecule has 1 fully saturated rings. The number of anilines is 1. The van der Waals surface area contributed by atoms with Gasteiger partial charge in [0, 0.05) is 17.1 Å². The first-order chi connectivity index (χ1) is 15.7. The molecule has 0 unspecified atom stereocenters. The van der Waals surface area contributed by atoms with Crippen LogP contribution >= 0.6 is 0 Å². The molecule has 0 spiro atoms. The van der Waals surface area contributed by atoms with E-state index >= 15 is 0 Å². The Morgan fingerprint density at radius 1 is 1.12 bits per heavy atom. The maximum atomic E-state index is 13.6. The third kappa shape index (κ3) is 3.76. The first-order valence-electron chi connectivity index (χ1n) is 10.3. The number of pyridine rings is 3. The van der Waals surface area contributed by atoms with E-state index in [1.54, 1.807) is 11.0 Å². The molecule has 2 N–H and O–H groups in total. The molecule has 2 aliphatic heterocycles. The van der Waals surface area contributed by atoms with Crippen LogP contribution in [0.25, 0.3) is 10.9 Å². The molecule has 0 aliphatic carbocycles. The van der Waals surface area contributed by atoms with Gasteiger partial charge in [-0.3, -0.25) is 9.78 Å². The zero-order valence-corrected chi connectivity index (χ0v) is 17.6. The summed E-state index contributed by atoms with van der Waals surface area (Å²) in [6, 6.07) is 2.97. The average Bonchev–Trinajstić information content (AvgIpc) is 3.29. The van der Waals surface area contributed by atoms with Crippen molar-refractivity contribution in [2.75, 3.05) is 18.9 Å². The third-order valence-electron chi connectivity index (χ3n) is 5.98. The topological polar surface area (TPSA) is 103 Å². The summed E-state index contributed by atoms with van der Waals surface area (Å²) in [5.41, 5.74) is 7.91. The van der Waals surface area contributed by atoms with Gasteiger partial charge in [0.25, 0.3) is 5.91 Å². The van der Waals surface area contributed by atoms with Gasteiger partial charge >= 0.3 is 6.18 Å². The fourth-order valence-corrected chi connectivity index (χ4v) is 4.31. The quantitative estimate of drug-likeness (QED) is 0.627. The number of alkyl halides is 3. The highest BCUT2D eigenvalue weighted by Crippen LogP contribution is 2.34. The summed E-state index contributed by atoms with van der Waals surface area (Å²) < 4.78 is 49.9. The Kier molecular flexibility index (Phi) is 5.17. The van der Waals surface area contributed by atoms with Gasteiger partial charge in [0.1, 0.15) is 17.2 Å². The minimum atomic E-state index is -4.54. The third-order valence-corrected chi connectivity index (χ3v) is 5.98. The maximum absolute atomic E-state index is 13.6. The van der Waals surface area contributed by atoms with Crippen molar-refractivity contribution in [3.63, 3.8) is 0 Å². The Bertz CT molecular complexity index is 1230. The minimum absolute atomic E-state index is 0.137. The molecule has 0 radical (unpaired) electrons. The number of morpholine rings is 1. The molecule has 2 aliphatic rings. The van der Waals surface area contributed by atoms with E-state index in [2.05, 4.69) is 15.0 Å². The Balaban J connectivity index is 1.51. The number of rotatable bonds is 2. The largest absolute Gasteiger partial charge is 0.433 e. The maximum Gasteiger partial charge on any atom is 0.433 e. The molecule has 11 heteroatoms. The van der Waals surface area contributed by atoms with Crippen molar-refractivity contribution in [3.8, 4) is 0 Å². The summed E-state index contributed by atoms with van der Waals surface area (Å²) in [5, 5.41) is 0.740. The van der Waals surface area contributed by atoms with Crippen molar-refractivity contribution < 1.29 is 27.4 Å². The summed E-state index contributed by atoms with van der Waals surface area (Å²) in [4.78, 5) is 27.3. The number of carbonyl (C=O) groups is 1. The van der Waals surface area contributed by atoms with Gasteiger partial charge in [-0.25, -0.2) is 9.97 Å². The molecule has 1 saturated heterocycles. The van der Waals surface area contributed by atoms with Crippen molar-refractivity contribution in [3.05, 3.63) is 58.7 Å². The summed E-state index contributed by atoms with van der Waals surface area (Å²) >= 11 is 0. The zero-order valence-electron chi connectivity index (χ0n) is 17.6. The molecule has 0 aromatic carbocycles. The van der Waals surface area contributed by atoms with Crippen LogP contribution in [0.1, 0.15) is 45.8 Å². The number of ether oxygens (including phenoxy) is 2. The van der Waals surface area contributed by atoms with Crippen molar-refractivity contribution in [1.29, 1.82) is 0 Å². The lowest BCUT2D eigenvalue weighted by Crippen LogP contribution is -2.49. The van der Waals surface area contributed by atoms with E-state index in [-0.39, 0.29) is 24.2 Å². The van der Waals surface area contributed by atoms with Crippen molar-refractivity contribution in [2.45, 2.75) is 38.4 Å². The standard InChI is InChI=1S/C22H20F3N5O3/c1-11-7-32-10-18(12-2-3-19(28-5-12)22(23,24)25)30(11)21(31)16-4-13-14-8-33-9-15(14)20(26)29-17(13)6-27-16/h2-6,11,18H,7-10H2,1H3,(H2,26,29)/t11-,18-/m0/s1. The van der Waals surface area contributed by atoms with Gasteiger partial charge in [-0.1, -0.05) is 6.07 Å². The van der Waals surface area contributed by atoms with Gasteiger partial charge in [-0.15, -0.1) is 0 Å². The molecule has 1 amide bonds. The van der Waals surface area contributed by atoms with Crippen molar-refractivity contribution >= 4 is 22.6 Å². The smallest absolute Gasteiger partial charge is 0.383 e. The molecule has 5 heterocycles. The van der Waals surface area contributed by atoms with Crippen LogP contribution in [0.4, 0.5) is 19.0 Å². The lowest BCUT2D eigenvalue weighted by atomic mass is 10.0. The van der Waals surface area contributed by atoms with Gasteiger partial charge < -0.3 is 20.1 Å². The summed E-state index contributed by atoms with van der Waals surface area (Å²) in [6.45, 7) is 2.98. The second-order valence-electron chi connectivity index (χ2n) is 8.12. The number of nitrogens with zero attached hydrogens (tertiary/aromatic N) is 4. The molecule has 0 bridgehead atoms. The lowest BCUT2D eigenvalue weighted by Gasteiger charge is -2.40. The van der Waals surface area contributed by atoms with E-state index in [1.807, 2.05) is 6.92 Å². The van der Waals surface area contributed by atoms with Gasteiger partial charge in [0.2, 0.25) is 0 Å². The molecular weight excluding hydrogens is 439 g/mol. The highest BCUT2D eigenvalue weighted by molar-refractivity contribution is 5.97. The number of fused-ring (bicyclic) bond motifs is 3. The van der Waals surface area contributed by atoms with Gasteiger partial charge in [-0.2, -0.15) is 13.2 Å². The fourth-order valence-electron chi connectivity index (χ4n) is 4.31. The van der Waals surface area contributed by atoms with E-state index in [9.17, 15) is 18.0 Å². The molecule has 8 nitrogen and oxygen atoms in total. The van der Waals surface area contributed by atoms with E-state index < -0.39 is 17.9 Å². The second-order valence-corrected chi connectivity index (χ2v) is 8.12. The summed E-state index contributed by atoms with van der Waals surface area (Å²) in [7, 11) is 0. The van der Waals surface area contributed by atoms with E-state index in [0.29, 0.717) is 36.7 Å². The van der Waals surface area contributed by atoms with Crippen LogP contribution in [0.2, 0.25) is 0 Å². The monoisotopic (exact) mass is 459 g/mol. The fraction of sp³-hybridized carbons (Fsp3) is 0.364. The average molecular weight is 459 g/mol. The van der Waals surface area contributed by atoms with Crippen LogP contribution in [-0.2, 0) is 28.9 Å². The van der Waals surface area contributed by atoms with Crippen molar-refractivity contribution in [2.24, 2.45) is 0 Å². The number of aromatic nitrogens is 3. The highest BCUT2D eigenvalue weighted by Gasteiger charge is 2.37. The van der Waals surface area contributed by atoms with Crippen LogP contribution in [0.5, 0.6) is 0 Å². The van der Waals surface area contributed by atoms with E-state index in [1.165, 1.54) is 12.3 Å². The van der Waals surface area contributed by atoms with Crippen LogP contribution in [0, 0.1) is 0 Å². The second kappa shape index (κ2) is 7.92. The Morgan fingerprint density at radius 2 is 1.91 bits per heavy atom. The van der Waals surface area contributed by atoms with Crippen LogP contribution < -0.4 is 5.73 Å². The number of nitrogens with two attached hydrogens (primary N) is 1. The predicted molar refractivity (Wildman–Crippen MR) is 111 cm³/mol. The first kappa shape index (κ1) is 21.5. The molecule has 172 valence electrons. The number of nitrogen functional groups attached to an aromatic ring is 1. The van der Waals surface area contributed by atoms with E-state index in [4.69, 9.17) is 15.2 Å². The lowest BCUT2D eigenvalue weighted by molar-refractivity contribution is -0.141. The molecule has 5 rings (SSSR count). The van der Waals surface area contributed by atoms with Gasteiger partial charge in [-0.05, 0) is 30.2 Å². The summed E-state index contributed by atoms with van der Waals surface area (Å²) in [5.74, 6) is 0.0228. The summed E-state index contributed by atoms with van der Waals surface area (Å²) in [6.07, 6.45) is -1.90. The van der Waals surface area contributed by atoms with Crippen LogP contribution in [-0.4, -0.2) is 45.0 Å². The first-order valence-corrected chi connectivity index (χ1v) is 10.3. The molecular formula is C22H20F3N5O3. The Morgan fingerprint density at radius 3 is 2.64 bits per heavy atom. The number of amides is 1. The van der Waals surface area contributed by atoms with Crippen molar-refractivity contribution in [1.82, 2.24) is 19.9 Å². The SMILES string of the molecule is C[C@H]1COC[C@@H](c2ccc(C(F)(F)F)nc2)N1C(=O)c1cc2c3c(c(N)nc2cn1)COC3. The predicted octanol–water partition coefficient (Wildman–Crippen LogP) is 3.26. The number of hydrogen-bond donors (Lipinski definition) is 1. The number of hydrogen-bond acceptors (Lipinski definition) is 7. The Hall–Kier alpha value is -3.31. The normalized spacial score (nSPS) is 20.8. The number of halogens is 3. The molecule has 3 aromatic rings. The minimum Gasteiger partial charge on any atom is -0.383 e. The van der Waals surface area contributed by atoms with Gasteiger partial charge in [0.05, 0.1) is 50.2 Å². The highest BCUT2D eigenvalue weighted by atomic mass is 19.4. The molecule has 2 atom stereocenters. The van der Waals surface area contributed by atoms with Crippen LogP contribution in [0.3, 0.4) is 0 Å². The molecule has 0 saturated carbocycles. The zero-order chi connectivity index (χ0) is 23.3. The van der Waals surface area contributed by atoms with E-state index in [0.717, 1.165) is 28.8 Å². The Labute approximate surface area is 186 Å². The molecule has 33 heavy (non-hydrogen) atoms. The van der Waals surface area contributed by atoms with Crippen LogP contribution in [0.15, 0.2) is 30.6 Å².